The second-order valence-electron chi connectivity index (χ2n) is 4.10. The van der Waals surface area contributed by atoms with E-state index in [9.17, 15) is 4.79 Å². The molecule has 0 fully saturated rings. The van der Waals surface area contributed by atoms with Crippen LogP contribution in [-0.4, -0.2) is 18.2 Å². The number of thiol groups is 1. The third-order valence-corrected chi connectivity index (χ3v) is 3.40. The van der Waals surface area contributed by atoms with E-state index in [1.165, 1.54) is 5.56 Å². The number of carbonyl (C=O) groups is 1. The Labute approximate surface area is 101 Å². The molecular weight excluding hydrogens is 220 g/mol. The Hall–Kier alpha value is -1.00. The van der Waals surface area contributed by atoms with Crippen LogP contribution in [0.1, 0.15) is 24.1 Å². The third kappa shape index (κ3) is 1.95. The molecule has 1 atom stereocenters. The Morgan fingerprint density at radius 2 is 2.38 bits per heavy atom. The molecule has 2 N–H and O–H groups in total. The number of carbonyl (C=O) groups excluding carboxylic acids is 1. The summed E-state index contributed by atoms with van der Waals surface area (Å²) in [7, 11) is 0. The first-order chi connectivity index (χ1) is 7.63. The average molecular weight is 236 g/mol. The summed E-state index contributed by atoms with van der Waals surface area (Å²) in [5.41, 5.74) is 9.22. The van der Waals surface area contributed by atoms with Crippen molar-refractivity contribution in [1.29, 1.82) is 0 Å². The van der Waals surface area contributed by atoms with Gasteiger partial charge in [0.05, 0.1) is 0 Å². The highest BCUT2D eigenvalue weighted by molar-refractivity contribution is 7.80. The maximum Gasteiger partial charge on any atom is 0.223 e. The monoisotopic (exact) mass is 236 g/mol. The van der Waals surface area contributed by atoms with E-state index in [0.29, 0.717) is 5.75 Å². The normalized spacial score (nSPS) is 16.1. The lowest BCUT2D eigenvalue weighted by atomic mass is 10.0. The molecule has 0 aromatic heterocycles. The number of hydrogen-bond donors (Lipinski definition) is 2. The Balaban J connectivity index is 2.37. The number of anilines is 1. The van der Waals surface area contributed by atoms with E-state index in [4.69, 9.17) is 5.73 Å². The molecule has 1 aromatic rings. The van der Waals surface area contributed by atoms with E-state index in [-0.39, 0.29) is 11.9 Å². The minimum atomic E-state index is -0.0666. The van der Waals surface area contributed by atoms with Crippen LogP contribution in [0.5, 0.6) is 0 Å². The van der Waals surface area contributed by atoms with E-state index in [0.717, 1.165) is 24.2 Å². The Morgan fingerprint density at radius 1 is 1.62 bits per heavy atom. The van der Waals surface area contributed by atoms with Crippen LogP contribution in [0.2, 0.25) is 0 Å². The van der Waals surface area contributed by atoms with Gasteiger partial charge in [0.15, 0.2) is 0 Å². The summed E-state index contributed by atoms with van der Waals surface area (Å²) in [5.74, 6) is 0.703. The van der Waals surface area contributed by atoms with Gasteiger partial charge in [-0.05, 0) is 23.6 Å². The molecule has 0 saturated heterocycles. The van der Waals surface area contributed by atoms with Crippen molar-refractivity contribution in [2.45, 2.75) is 19.4 Å². The number of benzene rings is 1. The fourth-order valence-electron chi connectivity index (χ4n) is 2.06. The molecule has 0 spiro atoms. The fraction of sp³-hybridized carbons (Fsp3) is 0.417. The predicted octanol–water partition coefficient (Wildman–Crippen LogP) is 1.53. The predicted molar refractivity (Wildman–Crippen MR) is 69.0 cm³/mol. The average Bonchev–Trinajstić information content (AvgIpc) is 2.70. The molecule has 16 heavy (non-hydrogen) atoms. The molecule has 0 aliphatic carbocycles. The molecule has 0 saturated carbocycles. The van der Waals surface area contributed by atoms with Gasteiger partial charge in [0.25, 0.3) is 0 Å². The molecular formula is C12H16N2OS. The molecule has 1 unspecified atom stereocenters. The molecule has 1 aliphatic heterocycles. The molecule has 1 heterocycles. The van der Waals surface area contributed by atoms with Crippen molar-refractivity contribution in [1.82, 2.24) is 0 Å². The second kappa shape index (κ2) is 4.47. The van der Waals surface area contributed by atoms with Gasteiger partial charge in [-0.3, -0.25) is 4.79 Å². The van der Waals surface area contributed by atoms with Crippen LogP contribution in [-0.2, 0) is 11.2 Å². The van der Waals surface area contributed by atoms with Crippen molar-refractivity contribution < 1.29 is 4.79 Å². The van der Waals surface area contributed by atoms with Crippen LogP contribution < -0.4 is 10.6 Å². The largest absolute Gasteiger partial charge is 0.323 e. The Kier molecular flexibility index (Phi) is 3.21. The first kappa shape index (κ1) is 11.5. The summed E-state index contributed by atoms with van der Waals surface area (Å²) in [6, 6.07) is 6.05. The van der Waals surface area contributed by atoms with Gasteiger partial charge in [0, 0.05) is 31.0 Å². The quantitative estimate of drug-likeness (QED) is 0.765. The second-order valence-corrected chi connectivity index (χ2v) is 4.46. The number of amides is 1. The first-order valence-electron chi connectivity index (χ1n) is 5.41. The highest BCUT2D eigenvalue weighted by Crippen LogP contribution is 2.30. The standard InChI is InChI=1S/C12H16N2OS/c1-8(15)14-5-4-9-2-3-10(6-12(9)14)11(13)7-16/h2-3,6,11,16H,4-5,7,13H2,1H3. The number of nitrogens with two attached hydrogens (primary N) is 1. The summed E-state index contributed by atoms with van der Waals surface area (Å²) < 4.78 is 0. The molecule has 3 nitrogen and oxygen atoms in total. The first-order valence-corrected chi connectivity index (χ1v) is 6.04. The lowest BCUT2D eigenvalue weighted by molar-refractivity contribution is -0.116. The van der Waals surface area contributed by atoms with Crippen molar-refractivity contribution >= 4 is 24.2 Å². The molecule has 1 aliphatic rings. The zero-order valence-electron chi connectivity index (χ0n) is 9.31. The Bertz CT molecular complexity index is 419. The maximum absolute atomic E-state index is 11.4. The van der Waals surface area contributed by atoms with Gasteiger partial charge in [0.2, 0.25) is 5.91 Å². The molecule has 86 valence electrons. The van der Waals surface area contributed by atoms with E-state index >= 15 is 0 Å². The summed E-state index contributed by atoms with van der Waals surface area (Å²) in [6.07, 6.45) is 0.936. The fourth-order valence-corrected chi connectivity index (χ4v) is 2.27. The summed E-state index contributed by atoms with van der Waals surface area (Å²) >= 11 is 4.19. The van der Waals surface area contributed by atoms with Crippen LogP contribution in [0.4, 0.5) is 5.69 Å². The molecule has 2 rings (SSSR count). The SMILES string of the molecule is CC(=O)N1CCc2ccc(C(N)CS)cc21. The van der Waals surface area contributed by atoms with Crippen LogP contribution >= 0.6 is 12.6 Å². The van der Waals surface area contributed by atoms with Crippen molar-refractivity contribution in [2.75, 3.05) is 17.2 Å². The zero-order valence-corrected chi connectivity index (χ0v) is 10.2. The van der Waals surface area contributed by atoms with Gasteiger partial charge < -0.3 is 10.6 Å². The van der Waals surface area contributed by atoms with Crippen molar-refractivity contribution in [2.24, 2.45) is 5.73 Å². The smallest absolute Gasteiger partial charge is 0.223 e. The summed E-state index contributed by atoms with van der Waals surface area (Å²) in [6.45, 7) is 2.38. The van der Waals surface area contributed by atoms with Crippen molar-refractivity contribution in [3.05, 3.63) is 29.3 Å². The topological polar surface area (TPSA) is 46.3 Å². The maximum atomic E-state index is 11.4. The minimum Gasteiger partial charge on any atom is -0.323 e. The summed E-state index contributed by atoms with van der Waals surface area (Å²) in [5, 5.41) is 0. The van der Waals surface area contributed by atoms with Crippen LogP contribution in [0, 0.1) is 0 Å². The minimum absolute atomic E-state index is 0.0666. The van der Waals surface area contributed by atoms with Gasteiger partial charge >= 0.3 is 0 Å². The molecule has 4 heteroatoms. The Morgan fingerprint density at radius 3 is 3.00 bits per heavy atom. The molecule has 0 bridgehead atoms. The van der Waals surface area contributed by atoms with E-state index in [1.54, 1.807) is 6.92 Å². The lowest BCUT2D eigenvalue weighted by Crippen LogP contribution is -2.26. The van der Waals surface area contributed by atoms with Gasteiger partial charge in [-0.1, -0.05) is 12.1 Å². The van der Waals surface area contributed by atoms with Gasteiger partial charge in [-0.25, -0.2) is 0 Å². The van der Waals surface area contributed by atoms with Gasteiger partial charge in [0.1, 0.15) is 0 Å². The van der Waals surface area contributed by atoms with Crippen LogP contribution in [0.25, 0.3) is 0 Å². The highest BCUT2D eigenvalue weighted by atomic mass is 32.1. The molecule has 0 radical (unpaired) electrons. The van der Waals surface area contributed by atoms with E-state index < -0.39 is 0 Å². The van der Waals surface area contributed by atoms with E-state index in [1.807, 2.05) is 17.0 Å². The van der Waals surface area contributed by atoms with E-state index in [2.05, 4.69) is 18.7 Å². The number of fused-ring (bicyclic) bond motifs is 1. The zero-order chi connectivity index (χ0) is 11.7. The van der Waals surface area contributed by atoms with Crippen LogP contribution in [0.3, 0.4) is 0 Å². The number of nitrogens with zero attached hydrogens (tertiary/aromatic N) is 1. The molecule has 1 amide bonds. The number of rotatable bonds is 2. The van der Waals surface area contributed by atoms with Crippen molar-refractivity contribution in [3.63, 3.8) is 0 Å². The highest BCUT2D eigenvalue weighted by Gasteiger charge is 2.22. The van der Waals surface area contributed by atoms with Gasteiger partial charge in [-0.2, -0.15) is 12.6 Å². The third-order valence-electron chi connectivity index (χ3n) is 3.01. The lowest BCUT2D eigenvalue weighted by Gasteiger charge is -2.17. The summed E-state index contributed by atoms with van der Waals surface area (Å²) in [4.78, 5) is 13.2. The number of hydrogen-bond acceptors (Lipinski definition) is 3. The molecule has 1 aromatic carbocycles. The van der Waals surface area contributed by atoms with Gasteiger partial charge in [-0.15, -0.1) is 0 Å². The van der Waals surface area contributed by atoms with Crippen molar-refractivity contribution in [3.8, 4) is 0 Å². The van der Waals surface area contributed by atoms with Crippen LogP contribution in [0.15, 0.2) is 18.2 Å².